The van der Waals surface area contributed by atoms with Crippen LogP contribution in [-0.4, -0.2) is 48.7 Å². The van der Waals surface area contributed by atoms with Crippen LogP contribution in [0.15, 0.2) is 46.0 Å². The first-order valence-corrected chi connectivity index (χ1v) is 12.1. The number of rotatable bonds is 5. The van der Waals surface area contributed by atoms with Gasteiger partial charge in [-0.1, -0.05) is 11.6 Å². The van der Waals surface area contributed by atoms with Gasteiger partial charge >= 0.3 is 0 Å². The third-order valence-corrected chi connectivity index (χ3v) is 8.08. The van der Waals surface area contributed by atoms with Crippen LogP contribution in [0.3, 0.4) is 0 Å². The monoisotopic (exact) mass is 460 g/mol. The standard InChI is InChI=1S/C21H21ClN4O4S/c22-14-1-4-17-18(12-14)30-21(25-17)26-9-6-15(7-10-26)24-20(27)13-5-8-23-19(11-13)31(28,29)16-2-3-16/h1,4-5,8,11-12,15-16H,2-3,6-7,9-10H2,(H,24,27). The minimum Gasteiger partial charge on any atom is -0.423 e. The number of nitrogens with one attached hydrogen (secondary N) is 1. The van der Waals surface area contributed by atoms with Crippen LogP contribution in [0.2, 0.25) is 5.02 Å². The second kappa shape index (κ2) is 7.80. The first-order chi connectivity index (χ1) is 14.9. The topological polar surface area (TPSA) is 105 Å². The number of carbonyl (C=O) groups excluding carboxylic acids is 1. The highest BCUT2D eigenvalue weighted by atomic mass is 35.5. The van der Waals surface area contributed by atoms with Gasteiger partial charge in [-0.15, -0.1) is 0 Å². The van der Waals surface area contributed by atoms with Crippen LogP contribution in [0.25, 0.3) is 11.1 Å². The van der Waals surface area contributed by atoms with E-state index in [2.05, 4.69) is 15.3 Å². The smallest absolute Gasteiger partial charge is 0.298 e. The Balaban J connectivity index is 1.22. The van der Waals surface area contributed by atoms with Gasteiger partial charge < -0.3 is 14.6 Å². The average Bonchev–Trinajstić information content (AvgIpc) is 3.55. The van der Waals surface area contributed by atoms with Crippen molar-refractivity contribution in [1.82, 2.24) is 15.3 Å². The van der Waals surface area contributed by atoms with E-state index in [1.54, 1.807) is 18.2 Å². The summed E-state index contributed by atoms with van der Waals surface area (Å²) in [5, 5.41) is 3.23. The van der Waals surface area contributed by atoms with Crippen molar-refractivity contribution in [3.05, 3.63) is 47.1 Å². The Labute approximate surface area is 184 Å². The summed E-state index contributed by atoms with van der Waals surface area (Å²) >= 11 is 6.01. The van der Waals surface area contributed by atoms with Crippen molar-refractivity contribution in [2.24, 2.45) is 0 Å². The molecular weight excluding hydrogens is 440 g/mol. The molecule has 1 N–H and O–H groups in total. The van der Waals surface area contributed by atoms with E-state index in [4.69, 9.17) is 16.0 Å². The molecule has 8 nitrogen and oxygen atoms in total. The maximum atomic E-state index is 12.7. The predicted octanol–water partition coefficient (Wildman–Crippen LogP) is 3.21. The minimum absolute atomic E-state index is 0.0146. The number of carbonyl (C=O) groups is 1. The average molecular weight is 461 g/mol. The lowest BCUT2D eigenvalue weighted by atomic mass is 10.0. The third kappa shape index (κ3) is 4.12. The number of halogens is 1. The van der Waals surface area contributed by atoms with Gasteiger partial charge in [-0.25, -0.2) is 13.4 Å². The second-order valence-electron chi connectivity index (χ2n) is 7.97. The quantitative estimate of drug-likeness (QED) is 0.623. The Morgan fingerprint density at radius 3 is 2.65 bits per heavy atom. The van der Waals surface area contributed by atoms with Gasteiger partial charge in [0.25, 0.3) is 11.9 Å². The summed E-state index contributed by atoms with van der Waals surface area (Å²) in [7, 11) is -3.43. The van der Waals surface area contributed by atoms with Crippen molar-refractivity contribution < 1.29 is 17.6 Å². The second-order valence-corrected chi connectivity index (χ2v) is 10.6. The zero-order valence-electron chi connectivity index (χ0n) is 16.6. The molecule has 0 spiro atoms. The summed E-state index contributed by atoms with van der Waals surface area (Å²) in [5.74, 6) is -0.287. The Bertz CT molecular complexity index is 1250. The number of piperidine rings is 1. The van der Waals surface area contributed by atoms with E-state index < -0.39 is 9.84 Å². The molecule has 0 atom stereocenters. The van der Waals surface area contributed by atoms with E-state index in [1.165, 1.54) is 12.3 Å². The van der Waals surface area contributed by atoms with Crippen LogP contribution in [0.4, 0.5) is 6.01 Å². The van der Waals surface area contributed by atoms with Gasteiger partial charge in [0.1, 0.15) is 5.52 Å². The number of fused-ring (bicyclic) bond motifs is 1. The Morgan fingerprint density at radius 1 is 1.13 bits per heavy atom. The van der Waals surface area contributed by atoms with E-state index >= 15 is 0 Å². The molecule has 31 heavy (non-hydrogen) atoms. The molecule has 1 aliphatic carbocycles. The summed E-state index contributed by atoms with van der Waals surface area (Å²) in [6.07, 6.45) is 4.15. The molecule has 5 rings (SSSR count). The molecule has 0 unspecified atom stereocenters. The largest absolute Gasteiger partial charge is 0.423 e. The molecule has 1 aliphatic heterocycles. The fourth-order valence-electron chi connectivity index (χ4n) is 3.76. The van der Waals surface area contributed by atoms with Crippen LogP contribution in [0.5, 0.6) is 0 Å². The lowest BCUT2D eigenvalue weighted by Crippen LogP contribution is -2.44. The molecule has 10 heteroatoms. The number of hydrogen-bond donors (Lipinski definition) is 1. The van der Waals surface area contributed by atoms with Crippen molar-refractivity contribution in [1.29, 1.82) is 0 Å². The number of oxazole rings is 1. The predicted molar refractivity (Wildman–Crippen MR) is 116 cm³/mol. The van der Waals surface area contributed by atoms with Gasteiger partial charge in [0.05, 0.1) is 5.25 Å². The van der Waals surface area contributed by atoms with Crippen molar-refractivity contribution in [2.45, 2.75) is 42.0 Å². The zero-order chi connectivity index (χ0) is 21.6. The maximum Gasteiger partial charge on any atom is 0.298 e. The van der Waals surface area contributed by atoms with E-state index in [-0.39, 0.29) is 22.2 Å². The number of benzene rings is 1. The van der Waals surface area contributed by atoms with Gasteiger partial charge in [0.2, 0.25) is 0 Å². The number of hydrogen-bond acceptors (Lipinski definition) is 7. The van der Waals surface area contributed by atoms with Crippen LogP contribution in [-0.2, 0) is 9.84 Å². The molecule has 0 radical (unpaired) electrons. The Kier molecular flexibility index (Phi) is 5.10. The Morgan fingerprint density at radius 2 is 1.90 bits per heavy atom. The van der Waals surface area contributed by atoms with E-state index in [0.29, 0.717) is 48.1 Å². The molecule has 162 valence electrons. The number of sulfone groups is 1. The molecular formula is C21H21ClN4O4S. The number of pyridine rings is 1. The van der Waals surface area contributed by atoms with E-state index in [0.717, 1.165) is 18.4 Å². The van der Waals surface area contributed by atoms with Gasteiger partial charge in [0.15, 0.2) is 20.4 Å². The first-order valence-electron chi connectivity index (χ1n) is 10.2. The SMILES string of the molecule is O=C(NC1CCN(c2nc3ccc(Cl)cc3o2)CC1)c1ccnc(S(=O)(=O)C2CC2)c1. The van der Waals surface area contributed by atoms with Crippen molar-refractivity contribution in [3.8, 4) is 0 Å². The van der Waals surface area contributed by atoms with Crippen LogP contribution in [0, 0.1) is 0 Å². The first kappa shape index (κ1) is 20.3. The van der Waals surface area contributed by atoms with Crippen molar-refractivity contribution in [3.63, 3.8) is 0 Å². The highest BCUT2D eigenvalue weighted by Gasteiger charge is 2.38. The van der Waals surface area contributed by atoms with E-state index in [9.17, 15) is 13.2 Å². The summed E-state index contributed by atoms with van der Waals surface area (Å²) < 4.78 is 30.6. The number of aromatic nitrogens is 2. The van der Waals surface area contributed by atoms with Gasteiger partial charge in [-0.05, 0) is 49.9 Å². The molecule has 1 amide bonds. The third-order valence-electron chi connectivity index (χ3n) is 5.69. The molecule has 2 fully saturated rings. The van der Waals surface area contributed by atoms with Gasteiger partial charge in [-0.2, -0.15) is 4.98 Å². The van der Waals surface area contributed by atoms with Gasteiger partial charge in [-0.3, -0.25) is 4.79 Å². The summed E-state index contributed by atoms with van der Waals surface area (Å²) in [4.78, 5) is 23.2. The molecule has 1 saturated carbocycles. The molecule has 1 aromatic carbocycles. The molecule has 2 aromatic heterocycles. The van der Waals surface area contributed by atoms with Crippen molar-refractivity contribution in [2.75, 3.05) is 18.0 Å². The molecule has 2 aliphatic rings. The molecule has 3 aromatic rings. The molecule has 0 bridgehead atoms. The highest BCUT2D eigenvalue weighted by Crippen LogP contribution is 2.33. The lowest BCUT2D eigenvalue weighted by Gasteiger charge is -2.31. The van der Waals surface area contributed by atoms with Crippen molar-refractivity contribution >= 4 is 44.5 Å². The molecule has 1 saturated heterocycles. The lowest BCUT2D eigenvalue weighted by molar-refractivity contribution is 0.0930. The summed E-state index contributed by atoms with van der Waals surface area (Å²) in [6.45, 7) is 1.37. The number of nitrogens with zero attached hydrogens (tertiary/aromatic N) is 3. The van der Waals surface area contributed by atoms with Crippen LogP contribution in [0.1, 0.15) is 36.0 Å². The number of amides is 1. The maximum absolute atomic E-state index is 12.7. The number of anilines is 1. The fraction of sp³-hybridized carbons (Fsp3) is 0.381. The van der Waals surface area contributed by atoms with E-state index in [1.807, 2.05) is 11.0 Å². The summed E-state index contributed by atoms with van der Waals surface area (Å²) in [5.41, 5.74) is 1.71. The highest BCUT2D eigenvalue weighted by molar-refractivity contribution is 7.92. The van der Waals surface area contributed by atoms with Crippen LogP contribution < -0.4 is 10.2 Å². The van der Waals surface area contributed by atoms with Crippen LogP contribution >= 0.6 is 11.6 Å². The minimum atomic E-state index is -3.43. The normalized spacial score (nSPS) is 17.8. The molecule has 3 heterocycles. The zero-order valence-corrected chi connectivity index (χ0v) is 18.2. The fourth-order valence-corrected chi connectivity index (χ4v) is 5.52. The Hall–Kier alpha value is -2.65. The summed E-state index contributed by atoms with van der Waals surface area (Å²) in [6, 6.07) is 8.79. The van der Waals surface area contributed by atoms with Gasteiger partial charge in [0, 0.05) is 42.0 Å².